The predicted molar refractivity (Wildman–Crippen MR) is 46.5 cm³/mol. The van der Waals surface area contributed by atoms with Crippen LogP contribution in [0.15, 0.2) is 0 Å². The van der Waals surface area contributed by atoms with Gasteiger partial charge in [0.1, 0.15) is 0 Å². The Morgan fingerprint density at radius 1 is 1.25 bits per heavy atom. The highest BCUT2D eigenvalue weighted by Crippen LogP contribution is 2.48. The largest absolute Gasteiger partial charge is 0.245 e. The molecule has 0 amide bonds. The van der Waals surface area contributed by atoms with Crippen molar-refractivity contribution in [2.75, 3.05) is 30.3 Å². The van der Waals surface area contributed by atoms with Crippen molar-refractivity contribution in [3.8, 4) is 0 Å². The first-order chi connectivity index (χ1) is 3.61. The summed E-state index contributed by atoms with van der Waals surface area (Å²) in [6, 6.07) is 0. The van der Waals surface area contributed by atoms with Gasteiger partial charge < -0.3 is 0 Å². The van der Waals surface area contributed by atoms with E-state index >= 15 is 0 Å². The Balaban J connectivity index is 2.34. The maximum atomic E-state index is 2.41. The first kappa shape index (κ1) is 6.81. The molecule has 0 spiro atoms. The highest BCUT2D eigenvalue weighted by Gasteiger charge is 2.26. The molecular weight excluding hydrogens is 136 g/mol. The molecular formula is C6H14S2. The van der Waals surface area contributed by atoms with Crippen molar-refractivity contribution >= 4 is 21.8 Å². The molecule has 0 N–H and O–H groups in total. The number of hydrogen-bond acceptors (Lipinski definition) is 1. The summed E-state index contributed by atoms with van der Waals surface area (Å²) in [6.45, 7) is 0. The Morgan fingerprint density at radius 3 is 1.75 bits per heavy atom. The third-order valence-electron chi connectivity index (χ3n) is 1.61. The molecule has 0 aromatic heterocycles. The zero-order valence-corrected chi connectivity index (χ0v) is 7.44. The van der Waals surface area contributed by atoms with Crippen LogP contribution < -0.4 is 0 Å². The fraction of sp³-hybridized carbons (Fsp3) is 1.00. The maximum absolute atomic E-state index is 2.41. The van der Waals surface area contributed by atoms with Crippen LogP contribution in [0.25, 0.3) is 0 Å². The van der Waals surface area contributed by atoms with Gasteiger partial charge in [-0.1, -0.05) is 0 Å². The molecule has 0 unspecified atom stereocenters. The minimum Gasteiger partial charge on any atom is -0.245 e. The molecule has 0 atom stereocenters. The molecule has 1 rings (SSSR count). The normalized spacial score (nSPS) is 24.9. The lowest BCUT2D eigenvalue weighted by Crippen LogP contribution is -2.29. The highest BCUT2D eigenvalue weighted by atomic mass is 32.3. The minimum absolute atomic E-state index is 0.187. The second kappa shape index (κ2) is 2.14. The van der Waals surface area contributed by atoms with Crippen LogP contribution in [0.5, 0.6) is 0 Å². The summed E-state index contributed by atoms with van der Waals surface area (Å²) < 4.78 is 0. The lowest BCUT2D eigenvalue weighted by atomic mass is 10.5. The molecule has 1 aliphatic rings. The smallest absolute Gasteiger partial charge is 0.00628 e. The molecule has 0 radical (unpaired) electrons. The molecule has 1 saturated heterocycles. The van der Waals surface area contributed by atoms with Gasteiger partial charge in [0.15, 0.2) is 0 Å². The number of hydrogen-bond donors (Lipinski definition) is 0. The van der Waals surface area contributed by atoms with Gasteiger partial charge in [-0.2, -0.15) is 11.8 Å². The van der Waals surface area contributed by atoms with Crippen molar-refractivity contribution in [3.63, 3.8) is 0 Å². The van der Waals surface area contributed by atoms with Crippen LogP contribution >= 0.6 is 21.8 Å². The number of thioether (sulfide) groups is 1. The molecule has 50 valence electrons. The fourth-order valence-corrected chi connectivity index (χ4v) is 4.89. The second-order valence-corrected chi connectivity index (χ2v) is 8.70. The van der Waals surface area contributed by atoms with Gasteiger partial charge in [-0.3, -0.25) is 0 Å². The van der Waals surface area contributed by atoms with Gasteiger partial charge in [-0.15, -0.1) is 0 Å². The molecule has 0 bridgehead atoms. The molecule has 0 nitrogen and oxygen atoms in total. The second-order valence-electron chi connectivity index (χ2n) is 3.09. The van der Waals surface area contributed by atoms with E-state index in [2.05, 4.69) is 30.5 Å². The molecule has 1 aliphatic heterocycles. The van der Waals surface area contributed by atoms with Crippen LogP contribution in [0.2, 0.25) is 0 Å². The fourth-order valence-electron chi connectivity index (χ4n) is 0.622. The van der Waals surface area contributed by atoms with E-state index in [1.165, 1.54) is 11.5 Å². The minimum atomic E-state index is -0.187. The summed E-state index contributed by atoms with van der Waals surface area (Å²) in [6.07, 6.45) is 7.24. The van der Waals surface area contributed by atoms with E-state index in [4.69, 9.17) is 0 Å². The lowest BCUT2D eigenvalue weighted by molar-refractivity contribution is 1.07. The Hall–Kier alpha value is 0.700. The van der Waals surface area contributed by atoms with Crippen LogP contribution in [0, 0.1) is 0 Å². The molecule has 0 aromatic rings. The van der Waals surface area contributed by atoms with Crippen molar-refractivity contribution in [1.82, 2.24) is 0 Å². The van der Waals surface area contributed by atoms with Crippen LogP contribution in [-0.4, -0.2) is 35.5 Å². The summed E-state index contributed by atoms with van der Waals surface area (Å²) in [4.78, 5) is 0. The topological polar surface area (TPSA) is 0 Å². The third kappa shape index (κ3) is 1.35. The molecule has 1 fully saturated rings. The van der Waals surface area contributed by atoms with Crippen molar-refractivity contribution in [2.24, 2.45) is 0 Å². The lowest BCUT2D eigenvalue weighted by Gasteiger charge is -2.41. The highest BCUT2D eigenvalue weighted by molar-refractivity contribution is 8.33. The van der Waals surface area contributed by atoms with Gasteiger partial charge in [0.05, 0.1) is 0 Å². The van der Waals surface area contributed by atoms with E-state index in [1.807, 2.05) is 0 Å². The Kier molecular flexibility index (Phi) is 1.83. The first-order valence-electron chi connectivity index (χ1n) is 2.85. The van der Waals surface area contributed by atoms with E-state index in [-0.39, 0.29) is 10.0 Å². The molecule has 2 heteroatoms. The van der Waals surface area contributed by atoms with E-state index in [0.29, 0.717) is 0 Å². The monoisotopic (exact) mass is 150 g/mol. The molecule has 8 heavy (non-hydrogen) atoms. The summed E-state index contributed by atoms with van der Waals surface area (Å²) in [5.74, 6) is 2.86. The van der Waals surface area contributed by atoms with Gasteiger partial charge in [0.25, 0.3) is 0 Å². The van der Waals surface area contributed by atoms with Crippen LogP contribution in [0.4, 0.5) is 0 Å². The van der Waals surface area contributed by atoms with Crippen molar-refractivity contribution in [1.29, 1.82) is 0 Å². The Labute approximate surface area is 57.7 Å². The SMILES string of the molecule is CS(C)(C)C1CSC1. The summed E-state index contributed by atoms with van der Waals surface area (Å²) >= 11 is 2.09. The Bertz CT molecular complexity index is 79.0. The van der Waals surface area contributed by atoms with E-state index in [9.17, 15) is 0 Å². The quantitative estimate of drug-likeness (QED) is 0.549. The zero-order valence-electron chi connectivity index (χ0n) is 5.81. The molecule has 0 saturated carbocycles. The van der Waals surface area contributed by atoms with E-state index in [1.54, 1.807) is 0 Å². The average molecular weight is 150 g/mol. The van der Waals surface area contributed by atoms with Crippen molar-refractivity contribution < 1.29 is 0 Å². The van der Waals surface area contributed by atoms with Crippen molar-refractivity contribution in [2.45, 2.75) is 5.25 Å². The predicted octanol–water partition coefficient (Wildman–Crippen LogP) is 1.80. The van der Waals surface area contributed by atoms with E-state index < -0.39 is 0 Å². The molecule has 0 aromatic carbocycles. The van der Waals surface area contributed by atoms with Crippen molar-refractivity contribution in [3.05, 3.63) is 0 Å². The first-order valence-corrected chi connectivity index (χ1v) is 6.93. The Morgan fingerprint density at radius 2 is 1.75 bits per heavy atom. The van der Waals surface area contributed by atoms with E-state index in [0.717, 1.165) is 5.25 Å². The average Bonchev–Trinajstić information content (AvgIpc) is 1.16. The van der Waals surface area contributed by atoms with Crippen LogP contribution in [-0.2, 0) is 0 Å². The zero-order chi connectivity index (χ0) is 6.20. The standard InChI is InChI=1S/C6H14S2/c1-8(2,3)6-4-7-5-6/h6H,4-5H2,1-3H3. The number of rotatable bonds is 1. The van der Waals surface area contributed by atoms with Crippen LogP contribution in [0.3, 0.4) is 0 Å². The van der Waals surface area contributed by atoms with Gasteiger partial charge in [0, 0.05) is 16.8 Å². The third-order valence-corrected chi connectivity index (χ3v) is 5.64. The van der Waals surface area contributed by atoms with Gasteiger partial charge in [0.2, 0.25) is 0 Å². The molecule has 1 heterocycles. The molecule has 0 aliphatic carbocycles. The summed E-state index contributed by atoms with van der Waals surface area (Å²) in [7, 11) is -0.187. The van der Waals surface area contributed by atoms with Gasteiger partial charge >= 0.3 is 0 Å². The maximum Gasteiger partial charge on any atom is 0.00628 e. The summed E-state index contributed by atoms with van der Waals surface area (Å²) in [5, 5.41) is 1.08. The van der Waals surface area contributed by atoms with Gasteiger partial charge in [-0.05, 0) is 18.8 Å². The summed E-state index contributed by atoms with van der Waals surface area (Å²) in [5.41, 5.74) is 0. The van der Waals surface area contributed by atoms with Gasteiger partial charge in [-0.25, -0.2) is 10.0 Å². The van der Waals surface area contributed by atoms with Crippen LogP contribution in [0.1, 0.15) is 0 Å².